The zero-order valence-corrected chi connectivity index (χ0v) is 14.8. The van der Waals surface area contributed by atoms with Gasteiger partial charge in [0.2, 0.25) is 5.88 Å². The molecule has 0 aliphatic heterocycles. The van der Waals surface area contributed by atoms with Crippen molar-refractivity contribution in [2.24, 2.45) is 7.05 Å². The van der Waals surface area contributed by atoms with E-state index in [1.807, 2.05) is 0 Å². The lowest BCUT2D eigenvalue weighted by Crippen LogP contribution is -2.37. The molecule has 0 spiro atoms. The molecule has 0 bridgehead atoms. The molecular weight excluding hydrogens is 399 g/mol. The highest BCUT2D eigenvalue weighted by molar-refractivity contribution is 6.31. The number of nitrogens with zero attached hydrogens (tertiary/aromatic N) is 3. The molecule has 1 N–H and O–H groups in total. The molecule has 1 atom stereocenters. The highest BCUT2D eigenvalue weighted by Gasteiger charge is 2.32. The van der Waals surface area contributed by atoms with Gasteiger partial charge in [-0.1, -0.05) is 11.6 Å². The summed E-state index contributed by atoms with van der Waals surface area (Å²) in [7, 11) is 1.40. The largest absolute Gasteiger partial charge is 0.474 e. The SMILES string of the molecule is CC(COc1ncc(C(F)(F)F)cc1Cl)NC(=O)c1cn(C)nc1C(F)F. The van der Waals surface area contributed by atoms with Gasteiger partial charge in [0.05, 0.1) is 17.2 Å². The second kappa shape index (κ2) is 8.07. The van der Waals surface area contributed by atoms with E-state index in [0.717, 1.165) is 10.9 Å². The van der Waals surface area contributed by atoms with Crippen molar-refractivity contribution >= 4 is 17.5 Å². The maximum absolute atomic E-state index is 12.9. The van der Waals surface area contributed by atoms with Gasteiger partial charge in [-0.15, -0.1) is 0 Å². The number of carbonyl (C=O) groups excluding carboxylic acids is 1. The maximum atomic E-state index is 12.9. The van der Waals surface area contributed by atoms with Crippen LogP contribution in [0.5, 0.6) is 5.88 Å². The maximum Gasteiger partial charge on any atom is 0.417 e. The Hall–Kier alpha value is -2.43. The third kappa shape index (κ3) is 5.28. The summed E-state index contributed by atoms with van der Waals surface area (Å²) in [6.45, 7) is 1.31. The molecule has 2 aromatic heterocycles. The Morgan fingerprint density at radius 2 is 2.07 bits per heavy atom. The van der Waals surface area contributed by atoms with Gasteiger partial charge in [-0.05, 0) is 13.0 Å². The van der Waals surface area contributed by atoms with Crippen LogP contribution in [0.4, 0.5) is 22.0 Å². The fraction of sp³-hybridized carbons (Fsp3) is 0.400. The van der Waals surface area contributed by atoms with Crippen molar-refractivity contribution in [3.05, 3.63) is 40.3 Å². The van der Waals surface area contributed by atoms with Gasteiger partial charge in [-0.2, -0.15) is 18.3 Å². The van der Waals surface area contributed by atoms with E-state index < -0.39 is 35.8 Å². The van der Waals surface area contributed by atoms with Crippen LogP contribution in [-0.4, -0.2) is 33.3 Å². The first kappa shape index (κ1) is 20.9. The Labute approximate surface area is 155 Å². The van der Waals surface area contributed by atoms with Gasteiger partial charge in [0.15, 0.2) is 0 Å². The van der Waals surface area contributed by atoms with E-state index in [1.54, 1.807) is 0 Å². The summed E-state index contributed by atoms with van der Waals surface area (Å²) in [6.07, 6.45) is -5.80. The van der Waals surface area contributed by atoms with E-state index in [4.69, 9.17) is 16.3 Å². The predicted molar refractivity (Wildman–Crippen MR) is 84.8 cm³/mol. The second-order valence-electron chi connectivity index (χ2n) is 5.60. The van der Waals surface area contributed by atoms with Crippen LogP contribution in [-0.2, 0) is 13.2 Å². The molecule has 0 aliphatic rings. The predicted octanol–water partition coefficient (Wildman–Crippen LogP) is 3.62. The molecule has 0 aliphatic carbocycles. The number of pyridine rings is 1. The molecule has 27 heavy (non-hydrogen) atoms. The Balaban J connectivity index is 1.99. The summed E-state index contributed by atoms with van der Waals surface area (Å²) < 4.78 is 69.7. The van der Waals surface area contributed by atoms with E-state index in [1.165, 1.54) is 14.0 Å². The number of hydrogen-bond acceptors (Lipinski definition) is 4. The molecule has 12 heteroatoms. The number of rotatable bonds is 6. The van der Waals surface area contributed by atoms with Crippen molar-refractivity contribution in [2.45, 2.75) is 25.6 Å². The van der Waals surface area contributed by atoms with Crippen LogP contribution >= 0.6 is 11.6 Å². The lowest BCUT2D eigenvalue weighted by atomic mass is 10.2. The summed E-state index contributed by atoms with van der Waals surface area (Å²) in [5, 5.41) is 5.60. The fourth-order valence-corrected chi connectivity index (χ4v) is 2.30. The fourth-order valence-electron chi connectivity index (χ4n) is 2.08. The van der Waals surface area contributed by atoms with Gasteiger partial charge in [0, 0.05) is 19.4 Å². The molecule has 1 unspecified atom stereocenters. The Morgan fingerprint density at radius 3 is 2.63 bits per heavy atom. The number of halogens is 6. The van der Waals surface area contributed by atoms with Crippen LogP contribution in [0.1, 0.15) is 35.0 Å². The van der Waals surface area contributed by atoms with Crippen molar-refractivity contribution in [1.82, 2.24) is 20.1 Å². The molecule has 0 saturated heterocycles. The minimum absolute atomic E-state index is 0.200. The molecule has 2 rings (SSSR count). The lowest BCUT2D eigenvalue weighted by Gasteiger charge is -2.15. The Kier molecular flexibility index (Phi) is 6.24. The number of nitrogens with one attached hydrogen (secondary N) is 1. The average Bonchev–Trinajstić information content (AvgIpc) is 2.95. The highest BCUT2D eigenvalue weighted by atomic mass is 35.5. The molecule has 1 amide bonds. The highest BCUT2D eigenvalue weighted by Crippen LogP contribution is 2.33. The normalized spacial score (nSPS) is 12.9. The van der Waals surface area contributed by atoms with Crippen molar-refractivity contribution in [3.63, 3.8) is 0 Å². The van der Waals surface area contributed by atoms with Crippen LogP contribution in [0.3, 0.4) is 0 Å². The average molecular weight is 413 g/mol. The monoisotopic (exact) mass is 412 g/mol. The summed E-state index contributed by atoms with van der Waals surface area (Å²) in [6, 6.07) is -0.0130. The van der Waals surface area contributed by atoms with Crippen molar-refractivity contribution < 1.29 is 31.5 Å². The number of alkyl halides is 5. The van der Waals surface area contributed by atoms with Crippen molar-refractivity contribution in [2.75, 3.05) is 6.61 Å². The van der Waals surface area contributed by atoms with E-state index in [-0.39, 0.29) is 23.1 Å². The molecule has 148 valence electrons. The van der Waals surface area contributed by atoms with Gasteiger partial charge in [0.1, 0.15) is 17.3 Å². The summed E-state index contributed by atoms with van der Waals surface area (Å²) in [5.74, 6) is -1.04. The van der Waals surface area contributed by atoms with Gasteiger partial charge in [0.25, 0.3) is 12.3 Å². The molecule has 0 aromatic carbocycles. The summed E-state index contributed by atoms with van der Waals surface area (Å²) >= 11 is 5.71. The van der Waals surface area contributed by atoms with Crippen LogP contribution in [0.25, 0.3) is 0 Å². The number of ether oxygens (including phenoxy) is 1. The molecule has 0 saturated carbocycles. The third-order valence-electron chi connectivity index (χ3n) is 3.29. The quantitative estimate of drug-likeness (QED) is 0.736. The van der Waals surface area contributed by atoms with Crippen LogP contribution in [0.2, 0.25) is 5.02 Å². The summed E-state index contributed by atoms with van der Waals surface area (Å²) in [4.78, 5) is 15.6. The Morgan fingerprint density at radius 1 is 1.41 bits per heavy atom. The van der Waals surface area contributed by atoms with E-state index >= 15 is 0 Å². The zero-order chi connectivity index (χ0) is 20.4. The summed E-state index contributed by atoms with van der Waals surface area (Å²) in [5.41, 5.74) is -1.97. The zero-order valence-electron chi connectivity index (χ0n) is 14.0. The van der Waals surface area contributed by atoms with Crippen LogP contribution in [0, 0.1) is 0 Å². The molecule has 2 aromatic rings. The van der Waals surface area contributed by atoms with E-state index in [0.29, 0.717) is 12.3 Å². The van der Waals surface area contributed by atoms with Gasteiger partial charge < -0.3 is 10.1 Å². The first-order chi connectivity index (χ1) is 12.5. The Bertz CT molecular complexity index is 825. The van der Waals surface area contributed by atoms with Gasteiger partial charge >= 0.3 is 6.18 Å². The third-order valence-corrected chi connectivity index (χ3v) is 3.56. The standard InChI is InChI=1S/C15H14ClF5N4O2/c1-7(23-13(26)9-5-25(2)24-11(9)12(17)18)6-27-14-10(16)3-8(4-22-14)15(19,20)21/h3-5,7,12H,6H2,1-2H3,(H,23,26). The number of hydrogen-bond donors (Lipinski definition) is 1. The van der Waals surface area contributed by atoms with Crippen molar-refractivity contribution in [3.8, 4) is 5.88 Å². The van der Waals surface area contributed by atoms with Gasteiger partial charge in [-0.3, -0.25) is 9.48 Å². The first-order valence-electron chi connectivity index (χ1n) is 7.47. The minimum atomic E-state index is -4.59. The van der Waals surface area contributed by atoms with E-state index in [2.05, 4.69) is 15.4 Å². The van der Waals surface area contributed by atoms with Crippen LogP contribution in [0.15, 0.2) is 18.5 Å². The molecule has 0 radical (unpaired) electrons. The smallest absolute Gasteiger partial charge is 0.417 e. The van der Waals surface area contributed by atoms with Crippen LogP contribution < -0.4 is 10.1 Å². The topological polar surface area (TPSA) is 69.0 Å². The van der Waals surface area contributed by atoms with E-state index in [9.17, 15) is 26.7 Å². The molecular formula is C15H14ClF5N4O2. The molecule has 6 nitrogen and oxygen atoms in total. The number of aromatic nitrogens is 3. The molecule has 2 heterocycles. The van der Waals surface area contributed by atoms with Gasteiger partial charge in [-0.25, -0.2) is 13.8 Å². The first-order valence-corrected chi connectivity index (χ1v) is 7.85. The number of aryl methyl sites for hydroxylation is 1. The van der Waals surface area contributed by atoms with Crippen molar-refractivity contribution in [1.29, 1.82) is 0 Å². The lowest BCUT2D eigenvalue weighted by molar-refractivity contribution is -0.137. The number of carbonyl (C=O) groups is 1. The number of amides is 1. The molecule has 0 fully saturated rings. The second-order valence-corrected chi connectivity index (χ2v) is 6.00. The minimum Gasteiger partial charge on any atom is -0.474 e.